The third-order valence-electron chi connectivity index (χ3n) is 4.94. The number of oxazole rings is 1. The SMILES string of the molecule is Cc1cc(C)cc(NC(=O)c2nnn(Cc3nc(-c4cccc(Cl)c4)oc3C)c2C)c1. The van der Waals surface area contributed by atoms with Crippen molar-refractivity contribution in [1.82, 2.24) is 20.0 Å². The van der Waals surface area contributed by atoms with E-state index < -0.39 is 0 Å². The standard InChI is InChI=1S/C23H22ClN5O2/c1-13-8-14(2)10-19(9-13)25-22(30)21-15(3)29(28-27-21)12-20-16(4)31-23(26-20)17-6-5-7-18(24)11-17/h5-11H,12H2,1-4H3,(H,25,30). The summed E-state index contributed by atoms with van der Waals surface area (Å²) in [6.07, 6.45) is 0. The van der Waals surface area contributed by atoms with E-state index in [2.05, 4.69) is 26.7 Å². The van der Waals surface area contributed by atoms with E-state index in [0.29, 0.717) is 34.6 Å². The first kappa shape index (κ1) is 20.8. The molecule has 4 rings (SSSR count). The zero-order chi connectivity index (χ0) is 22.1. The van der Waals surface area contributed by atoms with Crippen LogP contribution in [0.1, 0.15) is 38.8 Å². The maximum atomic E-state index is 12.7. The van der Waals surface area contributed by atoms with Crippen molar-refractivity contribution < 1.29 is 9.21 Å². The molecule has 0 radical (unpaired) electrons. The number of hydrogen-bond acceptors (Lipinski definition) is 5. The molecule has 0 atom stereocenters. The van der Waals surface area contributed by atoms with Crippen LogP contribution in [-0.2, 0) is 6.54 Å². The van der Waals surface area contributed by atoms with Crippen molar-refractivity contribution in [2.75, 3.05) is 5.32 Å². The van der Waals surface area contributed by atoms with Crippen LogP contribution >= 0.6 is 11.6 Å². The van der Waals surface area contributed by atoms with Crippen molar-refractivity contribution in [2.45, 2.75) is 34.2 Å². The van der Waals surface area contributed by atoms with E-state index >= 15 is 0 Å². The van der Waals surface area contributed by atoms with Crippen LogP contribution in [0.5, 0.6) is 0 Å². The lowest BCUT2D eigenvalue weighted by atomic mass is 10.1. The molecule has 1 amide bonds. The van der Waals surface area contributed by atoms with Gasteiger partial charge in [-0.1, -0.05) is 28.9 Å². The lowest BCUT2D eigenvalue weighted by Crippen LogP contribution is -2.14. The van der Waals surface area contributed by atoms with Crippen LogP contribution in [0, 0.1) is 27.7 Å². The number of anilines is 1. The smallest absolute Gasteiger partial charge is 0.278 e. The van der Waals surface area contributed by atoms with Gasteiger partial charge in [-0.25, -0.2) is 9.67 Å². The summed E-state index contributed by atoms with van der Waals surface area (Å²) in [6, 6.07) is 13.2. The van der Waals surface area contributed by atoms with Gasteiger partial charge in [0.15, 0.2) is 5.69 Å². The molecule has 0 unspecified atom stereocenters. The van der Waals surface area contributed by atoms with E-state index in [-0.39, 0.29) is 11.6 Å². The highest BCUT2D eigenvalue weighted by Gasteiger charge is 2.19. The van der Waals surface area contributed by atoms with Crippen molar-refractivity contribution in [2.24, 2.45) is 0 Å². The minimum Gasteiger partial charge on any atom is -0.441 e. The summed E-state index contributed by atoms with van der Waals surface area (Å²) in [5.41, 5.74) is 5.31. The predicted molar refractivity (Wildman–Crippen MR) is 119 cm³/mol. The number of amides is 1. The predicted octanol–water partition coefficient (Wildman–Crippen LogP) is 5.12. The quantitative estimate of drug-likeness (QED) is 0.470. The van der Waals surface area contributed by atoms with Crippen molar-refractivity contribution >= 4 is 23.2 Å². The van der Waals surface area contributed by atoms with Gasteiger partial charge in [0.25, 0.3) is 5.91 Å². The van der Waals surface area contributed by atoms with E-state index in [9.17, 15) is 4.79 Å². The zero-order valence-electron chi connectivity index (χ0n) is 17.7. The lowest BCUT2D eigenvalue weighted by Gasteiger charge is -2.07. The maximum absolute atomic E-state index is 12.7. The molecule has 7 nitrogen and oxygen atoms in total. The first-order valence-electron chi connectivity index (χ1n) is 9.82. The Hall–Kier alpha value is -3.45. The highest BCUT2D eigenvalue weighted by molar-refractivity contribution is 6.30. The molecule has 0 saturated carbocycles. The molecule has 8 heteroatoms. The monoisotopic (exact) mass is 435 g/mol. The van der Waals surface area contributed by atoms with Gasteiger partial charge < -0.3 is 9.73 Å². The largest absolute Gasteiger partial charge is 0.441 e. The van der Waals surface area contributed by atoms with Crippen molar-refractivity contribution in [3.63, 3.8) is 0 Å². The molecule has 2 aromatic carbocycles. The van der Waals surface area contributed by atoms with E-state index in [1.54, 1.807) is 16.8 Å². The molecule has 0 aliphatic rings. The summed E-state index contributed by atoms with van der Waals surface area (Å²) in [5, 5.41) is 11.7. The summed E-state index contributed by atoms with van der Waals surface area (Å²) in [6.45, 7) is 7.97. The summed E-state index contributed by atoms with van der Waals surface area (Å²) >= 11 is 6.07. The molecule has 0 spiro atoms. The van der Waals surface area contributed by atoms with Gasteiger partial charge in [-0.15, -0.1) is 5.10 Å². The fourth-order valence-electron chi connectivity index (χ4n) is 3.42. The van der Waals surface area contributed by atoms with E-state index in [0.717, 1.165) is 22.4 Å². The van der Waals surface area contributed by atoms with Crippen LogP contribution in [0.25, 0.3) is 11.5 Å². The molecule has 1 N–H and O–H groups in total. The number of carbonyl (C=O) groups is 1. The normalized spacial score (nSPS) is 11.0. The minimum absolute atomic E-state index is 0.273. The fraction of sp³-hybridized carbons (Fsp3) is 0.217. The Morgan fingerprint density at radius 1 is 1.10 bits per heavy atom. The van der Waals surface area contributed by atoms with E-state index in [4.69, 9.17) is 16.0 Å². The van der Waals surface area contributed by atoms with Gasteiger partial charge in [0.05, 0.1) is 12.2 Å². The number of rotatable bonds is 5. The number of aryl methyl sites for hydroxylation is 3. The number of halogens is 1. The number of hydrogen-bond donors (Lipinski definition) is 1. The Balaban J connectivity index is 1.54. The van der Waals surface area contributed by atoms with Gasteiger partial charge in [-0.2, -0.15) is 0 Å². The van der Waals surface area contributed by atoms with Crippen LogP contribution < -0.4 is 5.32 Å². The third kappa shape index (κ3) is 4.51. The molecule has 158 valence electrons. The maximum Gasteiger partial charge on any atom is 0.278 e. The molecule has 0 bridgehead atoms. The second kappa shape index (κ2) is 8.35. The molecular formula is C23H22ClN5O2. The molecule has 31 heavy (non-hydrogen) atoms. The van der Waals surface area contributed by atoms with Gasteiger partial charge >= 0.3 is 0 Å². The zero-order valence-corrected chi connectivity index (χ0v) is 18.5. The topological polar surface area (TPSA) is 85.8 Å². The summed E-state index contributed by atoms with van der Waals surface area (Å²) in [7, 11) is 0. The van der Waals surface area contributed by atoms with E-state index in [1.807, 2.05) is 52.0 Å². The van der Waals surface area contributed by atoms with Crippen LogP contribution in [-0.4, -0.2) is 25.9 Å². The summed E-state index contributed by atoms with van der Waals surface area (Å²) in [5.74, 6) is 0.858. The second-order valence-electron chi connectivity index (χ2n) is 7.54. The number of aromatic nitrogens is 4. The van der Waals surface area contributed by atoms with Gasteiger partial charge in [0.1, 0.15) is 11.5 Å². The van der Waals surface area contributed by atoms with Gasteiger partial charge in [-0.3, -0.25) is 4.79 Å². The molecule has 2 aromatic heterocycles. The second-order valence-corrected chi connectivity index (χ2v) is 7.98. The minimum atomic E-state index is -0.301. The first-order valence-corrected chi connectivity index (χ1v) is 10.2. The fourth-order valence-corrected chi connectivity index (χ4v) is 3.61. The van der Waals surface area contributed by atoms with Crippen LogP contribution in [0.15, 0.2) is 46.9 Å². The van der Waals surface area contributed by atoms with Crippen LogP contribution in [0.4, 0.5) is 5.69 Å². The highest BCUT2D eigenvalue weighted by atomic mass is 35.5. The lowest BCUT2D eigenvalue weighted by molar-refractivity contribution is 0.102. The molecule has 0 fully saturated rings. The van der Waals surface area contributed by atoms with Crippen molar-refractivity contribution in [3.05, 3.63) is 81.5 Å². The Kier molecular flexibility index (Phi) is 5.61. The third-order valence-corrected chi connectivity index (χ3v) is 5.18. The summed E-state index contributed by atoms with van der Waals surface area (Å²) in [4.78, 5) is 17.3. The first-order chi connectivity index (χ1) is 14.8. The van der Waals surface area contributed by atoms with Gasteiger partial charge in [0.2, 0.25) is 5.89 Å². The average Bonchev–Trinajstić information content (AvgIpc) is 3.24. The molecule has 0 aliphatic heterocycles. The van der Waals surface area contributed by atoms with Crippen molar-refractivity contribution in [1.29, 1.82) is 0 Å². The molecule has 2 heterocycles. The Labute approximate surface area is 185 Å². The molecule has 0 saturated heterocycles. The van der Waals surface area contributed by atoms with Crippen molar-refractivity contribution in [3.8, 4) is 11.5 Å². The van der Waals surface area contributed by atoms with Crippen LogP contribution in [0.2, 0.25) is 5.02 Å². The Bertz CT molecular complexity index is 1250. The summed E-state index contributed by atoms with van der Waals surface area (Å²) < 4.78 is 7.45. The molecule has 4 aromatic rings. The molecular weight excluding hydrogens is 414 g/mol. The number of nitrogens with one attached hydrogen (secondary N) is 1. The van der Waals surface area contributed by atoms with Crippen LogP contribution in [0.3, 0.4) is 0 Å². The van der Waals surface area contributed by atoms with Gasteiger partial charge in [-0.05, 0) is 69.2 Å². The number of carbonyl (C=O) groups excluding carboxylic acids is 1. The number of benzene rings is 2. The van der Waals surface area contributed by atoms with E-state index in [1.165, 1.54) is 0 Å². The highest BCUT2D eigenvalue weighted by Crippen LogP contribution is 2.25. The molecule has 0 aliphatic carbocycles. The number of nitrogens with zero attached hydrogens (tertiary/aromatic N) is 4. The van der Waals surface area contributed by atoms with Gasteiger partial charge in [0, 0.05) is 16.3 Å². The average molecular weight is 436 g/mol. The Morgan fingerprint density at radius 2 is 1.84 bits per heavy atom. The Morgan fingerprint density at radius 3 is 2.55 bits per heavy atom.